The fraction of sp³-hybridized carbons (Fsp3) is 0.500. The van der Waals surface area contributed by atoms with Crippen LogP contribution in [0.5, 0.6) is 0 Å². The largest absolute Gasteiger partial charge is 0.379 e. The van der Waals surface area contributed by atoms with Crippen LogP contribution in [0.3, 0.4) is 0 Å². The minimum absolute atomic E-state index is 0.333. The zero-order chi connectivity index (χ0) is 18.4. The Morgan fingerprint density at radius 2 is 2.12 bits per heavy atom. The molecule has 142 valence electrons. The van der Waals surface area contributed by atoms with Crippen LogP contribution in [-0.4, -0.2) is 55.8 Å². The normalized spacial score (nSPS) is 15.9. The van der Waals surface area contributed by atoms with Crippen LogP contribution in [-0.2, 0) is 20.5 Å². The first-order chi connectivity index (χ1) is 12.6. The molecule has 1 aliphatic heterocycles. The first kappa shape index (κ1) is 19.6. The Morgan fingerprint density at radius 3 is 2.88 bits per heavy atom. The molecular weight excluding hydrogens is 392 g/mol. The molecule has 26 heavy (non-hydrogen) atoms. The number of morpholine rings is 1. The van der Waals surface area contributed by atoms with Gasteiger partial charge >= 0.3 is 0 Å². The van der Waals surface area contributed by atoms with E-state index in [2.05, 4.69) is 22.4 Å². The highest BCUT2D eigenvalue weighted by Gasteiger charge is 2.26. The van der Waals surface area contributed by atoms with Crippen LogP contribution in [0.2, 0.25) is 0 Å². The molecule has 0 unspecified atom stereocenters. The number of thioether (sulfide) groups is 1. The van der Waals surface area contributed by atoms with Crippen molar-refractivity contribution >= 4 is 38.3 Å². The Morgan fingerprint density at radius 1 is 1.31 bits per heavy atom. The number of hydrogen-bond acceptors (Lipinski definition) is 8. The van der Waals surface area contributed by atoms with Gasteiger partial charge in [0.2, 0.25) is 15.2 Å². The topological polar surface area (TPSA) is 84.4 Å². The van der Waals surface area contributed by atoms with E-state index in [4.69, 9.17) is 4.74 Å². The summed E-state index contributed by atoms with van der Waals surface area (Å²) >= 11 is 3.07. The van der Waals surface area contributed by atoms with Crippen LogP contribution in [0, 0.1) is 0 Å². The molecule has 1 N–H and O–H groups in total. The molecule has 1 aliphatic rings. The third kappa shape index (κ3) is 4.95. The molecule has 1 aromatic carbocycles. The molecule has 0 aliphatic carbocycles. The van der Waals surface area contributed by atoms with Crippen molar-refractivity contribution in [3.8, 4) is 0 Å². The van der Waals surface area contributed by atoms with E-state index in [0.717, 1.165) is 28.0 Å². The van der Waals surface area contributed by atoms with E-state index in [0.29, 0.717) is 37.0 Å². The summed E-state index contributed by atoms with van der Waals surface area (Å²) in [6.45, 7) is 4.67. The molecule has 2 heterocycles. The summed E-state index contributed by atoms with van der Waals surface area (Å²) in [5.74, 6) is 0.648. The maximum absolute atomic E-state index is 12.8. The van der Waals surface area contributed by atoms with Gasteiger partial charge in [-0.05, 0) is 24.1 Å². The fourth-order valence-electron chi connectivity index (χ4n) is 2.45. The molecule has 0 atom stereocenters. The van der Waals surface area contributed by atoms with Gasteiger partial charge in [0.25, 0.3) is 0 Å². The second-order valence-corrected chi connectivity index (χ2v) is 9.89. The highest BCUT2D eigenvalue weighted by Crippen LogP contribution is 2.29. The van der Waals surface area contributed by atoms with Crippen molar-refractivity contribution in [3.05, 3.63) is 29.8 Å². The van der Waals surface area contributed by atoms with Gasteiger partial charge in [-0.15, -0.1) is 10.2 Å². The highest BCUT2D eigenvalue weighted by atomic mass is 32.2. The number of nitrogens with one attached hydrogen (secondary N) is 1. The van der Waals surface area contributed by atoms with E-state index < -0.39 is 10.0 Å². The molecule has 1 fully saturated rings. The maximum Gasteiger partial charge on any atom is 0.243 e. The summed E-state index contributed by atoms with van der Waals surface area (Å²) in [4.78, 5) is 0.333. The number of hydrogen-bond donors (Lipinski definition) is 1. The summed E-state index contributed by atoms with van der Waals surface area (Å²) in [6.07, 6.45) is 1.03. The van der Waals surface area contributed by atoms with Crippen LogP contribution in [0.1, 0.15) is 18.9 Å². The van der Waals surface area contributed by atoms with Crippen LogP contribution in [0.15, 0.2) is 33.5 Å². The number of rotatable bonds is 8. The zero-order valence-electron chi connectivity index (χ0n) is 14.6. The van der Waals surface area contributed by atoms with E-state index >= 15 is 0 Å². The van der Waals surface area contributed by atoms with Gasteiger partial charge < -0.3 is 10.1 Å². The lowest BCUT2D eigenvalue weighted by molar-refractivity contribution is 0.0730. The SMILES string of the molecule is CCCNc1nnc(SCc2cccc(S(=O)(=O)N3CCOCC3)c2)s1. The summed E-state index contributed by atoms with van der Waals surface area (Å²) in [7, 11) is -3.46. The molecule has 1 aromatic heterocycles. The third-order valence-corrected chi connectivity index (χ3v) is 7.78. The average Bonchev–Trinajstić information content (AvgIpc) is 3.13. The minimum Gasteiger partial charge on any atom is -0.379 e. The summed E-state index contributed by atoms with van der Waals surface area (Å²) in [5, 5.41) is 12.3. The van der Waals surface area contributed by atoms with Gasteiger partial charge in [0.1, 0.15) is 0 Å². The zero-order valence-corrected chi connectivity index (χ0v) is 17.0. The molecule has 0 spiro atoms. The number of ether oxygens (including phenoxy) is 1. The Labute approximate surface area is 162 Å². The summed E-state index contributed by atoms with van der Waals surface area (Å²) in [6, 6.07) is 7.12. The van der Waals surface area contributed by atoms with Crippen LogP contribution < -0.4 is 5.32 Å². The summed E-state index contributed by atoms with van der Waals surface area (Å²) < 4.78 is 33.1. The number of sulfonamides is 1. The number of aromatic nitrogens is 2. The first-order valence-corrected chi connectivity index (χ1v) is 11.7. The number of nitrogens with zero attached hydrogens (tertiary/aromatic N) is 3. The van der Waals surface area contributed by atoms with Crippen molar-refractivity contribution < 1.29 is 13.2 Å². The average molecular weight is 415 g/mol. The molecule has 0 saturated carbocycles. The van der Waals surface area contributed by atoms with E-state index in [1.54, 1.807) is 30.0 Å². The van der Waals surface area contributed by atoms with Gasteiger partial charge in [-0.3, -0.25) is 0 Å². The third-order valence-electron chi connectivity index (χ3n) is 3.80. The second-order valence-electron chi connectivity index (χ2n) is 5.75. The van der Waals surface area contributed by atoms with Crippen LogP contribution >= 0.6 is 23.1 Å². The Kier molecular flexibility index (Phi) is 6.87. The molecule has 7 nitrogen and oxygen atoms in total. The van der Waals surface area contributed by atoms with Crippen molar-refractivity contribution in [3.63, 3.8) is 0 Å². The van der Waals surface area contributed by atoms with Gasteiger partial charge in [-0.2, -0.15) is 4.31 Å². The summed E-state index contributed by atoms with van der Waals surface area (Å²) in [5.41, 5.74) is 0.947. The highest BCUT2D eigenvalue weighted by molar-refractivity contribution is 8.00. The van der Waals surface area contributed by atoms with Crippen molar-refractivity contribution in [1.82, 2.24) is 14.5 Å². The molecule has 0 radical (unpaired) electrons. The molecular formula is C16H22N4O3S3. The number of anilines is 1. The van der Waals surface area contributed by atoms with Crippen molar-refractivity contribution in [1.29, 1.82) is 0 Å². The molecule has 0 amide bonds. The predicted molar refractivity (Wildman–Crippen MR) is 104 cm³/mol. The Hall–Kier alpha value is -1.20. The first-order valence-electron chi connectivity index (χ1n) is 8.46. The minimum atomic E-state index is -3.46. The predicted octanol–water partition coefficient (Wildman–Crippen LogP) is 2.67. The lowest BCUT2D eigenvalue weighted by Gasteiger charge is -2.26. The van der Waals surface area contributed by atoms with Gasteiger partial charge in [-0.1, -0.05) is 42.2 Å². The molecule has 2 aromatic rings. The standard InChI is InChI=1S/C16H22N4O3S3/c1-2-6-17-15-18-19-16(25-15)24-12-13-4-3-5-14(11-13)26(21,22)20-7-9-23-10-8-20/h3-5,11H,2,6-10,12H2,1H3,(H,17,18). The van der Waals surface area contributed by atoms with Gasteiger partial charge in [0.05, 0.1) is 18.1 Å². The quantitative estimate of drug-likeness (QED) is 0.665. The van der Waals surface area contributed by atoms with E-state index in [9.17, 15) is 8.42 Å². The monoisotopic (exact) mass is 414 g/mol. The Balaban J connectivity index is 1.64. The van der Waals surface area contributed by atoms with Gasteiger partial charge in [0, 0.05) is 25.4 Å². The van der Waals surface area contributed by atoms with Crippen LogP contribution in [0.4, 0.5) is 5.13 Å². The maximum atomic E-state index is 12.8. The van der Waals surface area contributed by atoms with Crippen molar-refractivity contribution in [2.45, 2.75) is 28.3 Å². The molecule has 1 saturated heterocycles. The van der Waals surface area contributed by atoms with Crippen molar-refractivity contribution in [2.75, 3.05) is 38.2 Å². The molecule has 0 bridgehead atoms. The van der Waals surface area contributed by atoms with Crippen molar-refractivity contribution in [2.24, 2.45) is 0 Å². The lowest BCUT2D eigenvalue weighted by Crippen LogP contribution is -2.40. The van der Waals surface area contributed by atoms with Gasteiger partial charge in [0.15, 0.2) is 4.34 Å². The van der Waals surface area contributed by atoms with Crippen LogP contribution in [0.25, 0.3) is 0 Å². The number of benzene rings is 1. The molecule has 3 rings (SSSR count). The van der Waals surface area contributed by atoms with E-state index in [-0.39, 0.29) is 0 Å². The van der Waals surface area contributed by atoms with E-state index in [1.807, 2.05) is 6.07 Å². The second kappa shape index (κ2) is 9.14. The van der Waals surface area contributed by atoms with Gasteiger partial charge in [-0.25, -0.2) is 8.42 Å². The molecule has 10 heteroatoms. The van der Waals surface area contributed by atoms with E-state index in [1.165, 1.54) is 15.6 Å². The fourth-order valence-corrected chi connectivity index (χ4v) is 5.65. The lowest BCUT2D eigenvalue weighted by atomic mass is 10.2. The smallest absolute Gasteiger partial charge is 0.243 e. The Bertz CT molecular complexity index is 820.